The van der Waals surface area contributed by atoms with Crippen LogP contribution < -0.4 is 0 Å². The zero-order valence-corrected chi connectivity index (χ0v) is 6.74. The molecule has 0 amide bonds. The van der Waals surface area contributed by atoms with E-state index in [1.807, 2.05) is 19.1 Å². The van der Waals surface area contributed by atoms with Crippen molar-refractivity contribution in [1.29, 1.82) is 0 Å². The van der Waals surface area contributed by atoms with Gasteiger partial charge in [-0.25, -0.2) is 4.98 Å². The molecule has 0 unspecified atom stereocenters. The number of nitrogens with one attached hydrogen (secondary N) is 1. The third-order valence-corrected chi connectivity index (χ3v) is 1.79. The van der Waals surface area contributed by atoms with Crippen molar-refractivity contribution in [3.8, 4) is 0 Å². The average molecular weight is 166 g/mol. The highest BCUT2D eigenvalue weighted by molar-refractivity contribution is 6.29. The highest BCUT2D eigenvalue weighted by Gasteiger charge is 2.01. The number of hydrogen-bond donors (Lipinski definition) is 1. The Balaban J connectivity index is 2.90. The number of H-pyrrole nitrogens is 1. The van der Waals surface area contributed by atoms with Crippen molar-refractivity contribution in [2.45, 2.75) is 6.92 Å². The molecule has 0 saturated carbocycles. The molecule has 0 bridgehead atoms. The monoisotopic (exact) mass is 165 g/mol. The summed E-state index contributed by atoms with van der Waals surface area (Å²) >= 11 is 5.67. The summed E-state index contributed by atoms with van der Waals surface area (Å²) in [5, 5.41) is 0.422. The molecule has 0 fully saturated rings. The van der Waals surface area contributed by atoms with E-state index in [1.54, 1.807) is 0 Å². The van der Waals surface area contributed by atoms with Crippen LogP contribution in [0, 0.1) is 13.0 Å². The number of fused-ring (bicyclic) bond motifs is 1. The molecular formula is C8H6ClN2. The molecule has 0 saturated heterocycles. The molecule has 0 atom stereocenters. The topological polar surface area (TPSA) is 28.7 Å². The Kier molecular flexibility index (Phi) is 1.36. The third-order valence-electron chi connectivity index (χ3n) is 1.61. The van der Waals surface area contributed by atoms with Gasteiger partial charge in [0.15, 0.2) is 0 Å². The van der Waals surface area contributed by atoms with Crippen LogP contribution in [0.2, 0.25) is 5.28 Å². The summed E-state index contributed by atoms with van der Waals surface area (Å²) < 4.78 is 0. The summed E-state index contributed by atoms with van der Waals surface area (Å²) in [4.78, 5) is 6.99. The van der Waals surface area contributed by atoms with E-state index < -0.39 is 0 Å². The maximum absolute atomic E-state index is 5.67. The molecule has 2 aromatic rings. The van der Waals surface area contributed by atoms with E-state index in [0.29, 0.717) is 5.28 Å². The van der Waals surface area contributed by atoms with E-state index in [4.69, 9.17) is 11.6 Å². The Labute approximate surface area is 69.2 Å². The Hall–Kier alpha value is -1.02. The lowest BCUT2D eigenvalue weighted by Crippen LogP contribution is -1.74. The summed E-state index contributed by atoms with van der Waals surface area (Å²) in [5.74, 6) is 0. The van der Waals surface area contributed by atoms with Crippen LogP contribution in [0.1, 0.15) is 5.56 Å². The molecule has 0 aliphatic carbocycles. The molecule has 11 heavy (non-hydrogen) atoms. The van der Waals surface area contributed by atoms with Crippen molar-refractivity contribution in [1.82, 2.24) is 9.97 Å². The summed E-state index contributed by atoms with van der Waals surface area (Å²) in [5.41, 5.74) is 2.88. The summed E-state index contributed by atoms with van der Waals surface area (Å²) in [7, 11) is 0. The quantitative estimate of drug-likeness (QED) is 0.638. The molecule has 55 valence electrons. The van der Waals surface area contributed by atoms with Crippen molar-refractivity contribution >= 4 is 22.6 Å². The van der Waals surface area contributed by atoms with Gasteiger partial charge in [0.2, 0.25) is 5.28 Å². The molecule has 3 heteroatoms. The summed E-state index contributed by atoms with van der Waals surface area (Å²) in [6.07, 6.45) is 0. The molecule has 2 nitrogen and oxygen atoms in total. The minimum absolute atomic E-state index is 0.422. The van der Waals surface area contributed by atoms with Crippen molar-refractivity contribution in [3.05, 3.63) is 29.0 Å². The van der Waals surface area contributed by atoms with Gasteiger partial charge < -0.3 is 4.98 Å². The number of imidazole rings is 1. The standard InChI is InChI=1S/C8H6ClN2/c1-5-3-2-4-6-7(5)11-8(9)10-6/h2-3H,1H3,(H,10,11). The van der Waals surface area contributed by atoms with Gasteiger partial charge in [-0.3, -0.25) is 0 Å². The Morgan fingerprint density at radius 3 is 3.18 bits per heavy atom. The number of benzene rings is 1. The fourth-order valence-corrected chi connectivity index (χ4v) is 1.24. The number of rotatable bonds is 0. The molecule has 0 spiro atoms. The minimum atomic E-state index is 0.422. The highest BCUT2D eigenvalue weighted by atomic mass is 35.5. The van der Waals surface area contributed by atoms with Crippen LogP contribution in [0.3, 0.4) is 0 Å². The average Bonchev–Trinajstić information content (AvgIpc) is 2.31. The Morgan fingerprint density at radius 2 is 2.45 bits per heavy atom. The van der Waals surface area contributed by atoms with E-state index in [9.17, 15) is 0 Å². The van der Waals surface area contributed by atoms with E-state index in [2.05, 4.69) is 16.0 Å². The molecular weight excluding hydrogens is 160 g/mol. The first-order valence-corrected chi connectivity index (χ1v) is 3.67. The van der Waals surface area contributed by atoms with Gasteiger partial charge >= 0.3 is 0 Å². The van der Waals surface area contributed by atoms with E-state index in [-0.39, 0.29) is 0 Å². The second-order valence-corrected chi connectivity index (χ2v) is 2.77. The van der Waals surface area contributed by atoms with Crippen molar-refractivity contribution in [2.75, 3.05) is 0 Å². The fraction of sp³-hybridized carbons (Fsp3) is 0.125. The number of aromatic amines is 1. The van der Waals surface area contributed by atoms with E-state index in [0.717, 1.165) is 16.6 Å². The number of aromatic nitrogens is 2. The molecule has 1 heterocycles. The maximum Gasteiger partial charge on any atom is 0.201 e. The first-order chi connectivity index (χ1) is 5.27. The van der Waals surface area contributed by atoms with Crippen LogP contribution in [0.15, 0.2) is 12.1 Å². The second-order valence-electron chi connectivity index (χ2n) is 2.41. The van der Waals surface area contributed by atoms with Crippen LogP contribution in [0.5, 0.6) is 0 Å². The van der Waals surface area contributed by atoms with Crippen molar-refractivity contribution < 1.29 is 0 Å². The molecule has 0 aliphatic heterocycles. The summed E-state index contributed by atoms with van der Waals surface area (Å²) in [6, 6.07) is 6.82. The first kappa shape index (κ1) is 6.68. The number of nitrogens with zero attached hydrogens (tertiary/aromatic N) is 1. The van der Waals surface area contributed by atoms with E-state index in [1.165, 1.54) is 0 Å². The predicted octanol–water partition coefficient (Wildman–Crippen LogP) is 2.32. The number of hydrogen-bond acceptors (Lipinski definition) is 1. The Bertz CT molecular complexity index is 392. The van der Waals surface area contributed by atoms with E-state index >= 15 is 0 Å². The maximum atomic E-state index is 5.67. The lowest BCUT2D eigenvalue weighted by molar-refractivity contribution is 1.34. The van der Waals surface area contributed by atoms with Gasteiger partial charge in [-0.05, 0) is 24.1 Å². The lowest BCUT2D eigenvalue weighted by atomic mass is 10.2. The predicted molar refractivity (Wildman–Crippen MR) is 44.7 cm³/mol. The van der Waals surface area contributed by atoms with Gasteiger partial charge in [0, 0.05) is 6.07 Å². The van der Waals surface area contributed by atoms with Gasteiger partial charge in [-0.15, -0.1) is 0 Å². The van der Waals surface area contributed by atoms with Crippen LogP contribution in [0.25, 0.3) is 11.0 Å². The molecule has 0 aliphatic rings. The zero-order valence-electron chi connectivity index (χ0n) is 5.98. The van der Waals surface area contributed by atoms with Gasteiger partial charge in [0.1, 0.15) is 0 Å². The first-order valence-electron chi connectivity index (χ1n) is 3.30. The van der Waals surface area contributed by atoms with Crippen LogP contribution in [-0.4, -0.2) is 9.97 Å². The third kappa shape index (κ3) is 0.994. The number of halogens is 1. The SMILES string of the molecule is Cc1cc[c]c2[nH]c(Cl)nc12. The van der Waals surface area contributed by atoms with Crippen LogP contribution in [0.4, 0.5) is 0 Å². The van der Waals surface area contributed by atoms with Crippen molar-refractivity contribution in [3.63, 3.8) is 0 Å². The van der Waals surface area contributed by atoms with Gasteiger partial charge in [-0.2, -0.15) is 0 Å². The van der Waals surface area contributed by atoms with Gasteiger partial charge in [0.05, 0.1) is 11.0 Å². The normalized spacial score (nSPS) is 10.7. The number of aryl methyl sites for hydroxylation is 1. The van der Waals surface area contributed by atoms with Crippen molar-refractivity contribution in [2.24, 2.45) is 0 Å². The summed E-state index contributed by atoms with van der Waals surface area (Å²) in [6.45, 7) is 1.99. The minimum Gasteiger partial charge on any atom is -0.328 e. The molecule has 1 N–H and O–H groups in total. The fourth-order valence-electron chi connectivity index (χ4n) is 1.06. The van der Waals surface area contributed by atoms with Gasteiger partial charge in [0.25, 0.3) is 0 Å². The zero-order chi connectivity index (χ0) is 7.84. The lowest BCUT2D eigenvalue weighted by Gasteiger charge is -1.89. The Morgan fingerprint density at radius 1 is 1.64 bits per heavy atom. The smallest absolute Gasteiger partial charge is 0.201 e. The van der Waals surface area contributed by atoms with Crippen LogP contribution in [-0.2, 0) is 0 Å². The van der Waals surface area contributed by atoms with Crippen LogP contribution >= 0.6 is 11.6 Å². The molecule has 1 aromatic carbocycles. The van der Waals surface area contributed by atoms with Gasteiger partial charge in [-0.1, -0.05) is 12.1 Å². The molecule has 2 rings (SSSR count). The largest absolute Gasteiger partial charge is 0.328 e. The molecule has 1 aromatic heterocycles. The second kappa shape index (κ2) is 2.24. The molecule has 1 radical (unpaired) electrons. The highest BCUT2D eigenvalue weighted by Crippen LogP contribution is 2.16.